The van der Waals surface area contributed by atoms with Gasteiger partial charge in [-0.3, -0.25) is 0 Å². The molecule has 0 unspecified atom stereocenters. The number of fused-ring (bicyclic) bond motifs is 1. The van der Waals surface area contributed by atoms with E-state index in [0.29, 0.717) is 6.61 Å². The van der Waals surface area contributed by atoms with Crippen molar-refractivity contribution in [2.24, 2.45) is 0 Å². The molecule has 0 saturated heterocycles. The summed E-state index contributed by atoms with van der Waals surface area (Å²) in [6.07, 6.45) is 6.70. The van der Waals surface area contributed by atoms with Gasteiger partial charge in [-0.2, -0.15) is 0 Å². The molecule has 1 aromatic heterocycles. The smallest absolute Gasteiger partial charge is 0.328 e. The molecule has 4 rings (SSSR count). The minimum absolute atomic E-state index is 0.406. The van der Waals surface area contributed by atoms with Gasteiger partial charge in [-0.05, 0) is 47.0 Å². The lowest BCUT2D eigenvalue weighted by atomic mass is 10.1. The van der Waals surface area contributed by atoms with Gasteiger partial charge in [0, 0.05) is 11.5 Å². The topological polar surface area (TPSA) is 59.4 Å². The van der Waals surface area contributed by atoms with Gasteiger partial charge in [-0.25, -0.2) is 9.78 Å². The molecular weight excluding hydrogens is 386 g/mol. The van der Waals surface area contributed by atoms with Crippen molar-refractivity contribution < 1.29 is 14.6 Å². The van der Waals surface area contributed by atoms with Crippen LogP contribution in [0.25, 0.3) is 29.1 Å². The molecular formula is C27H21NO3. The number of hydrogen-bond acceptors (Lipinski definition) is 3. The first kappa shape index (κ1) is 20.1. The van der Waals surface area contributed by atoms with Gasteiger partial charge in [0.1, 0.15) is 12.4 Å². The third kappa shape index (κ3) is 5.46. The summed E-state index contributed by atoms with van der Waals surface area (Å²) in [4.78, 5) is 15.4. The molecule has 4 aromatic rings. The van der Waals surface area contributed by atoms with Crippen molar-refractivity contribution in [3.8, 4) is 5.75 Å². The Labute approximate surface area is 180 Å². The van der Waals surface area contributed by atoms with Crippen LogP contribution in [0.5, 0.6) is 5.75 Å². The summed E-state index contributed by atoms with van der Waals surface area (Å²) >= 11 is 0. The van der Waals surface area contributed by atoms with Gasteiger partial charge in [0.25, 0.3) is 0 Å². The average Bonchev–Trinajstić information content (AvgIpc) is 2.81. The van der Waals surface area contributed by atoms with E-state index in [1.807, 2.05) is 91.0 Å². The molecule has 4 heteroatoms. The number of carboxylic acids is 1. The van der Waals surface area contributed by atoms with E-state index in [1.54, 1.807) is 6.08 Å². The number of benzene rings is 3. The van der Waals surface area contributed by atoms with Crippen molar-refractivity contribution >= 4 is 35.1 Å². The number of carboxylic acid groups (broad SMARTS) is 1. The molecule has 0 amide bonds. The third-order valence-electron chi connectivity index (χ3n) is 4.78. The Hall–Kier alpha value is -4.18. The van der Waals surface area contributed by atoms with Gasteiger partial charge in [-0.1, -0.05) is 72.8 Å². The maximum Gasteiger partial charge on any atom is 0.328 e. The van der Waals surface area contributed by atoms with Gasteiger partial charge in [0.2, 0.25) is 0 Å². The van der Waals surface area contributed by atoms with Crippen LogP contribution in [-0.4, -0.2) is 16.1 Å². The maximum absolute atomic E-state index is 10.8. The van der Waals surface area contributed by atoms with Crippen molar-refractivity contribution in [2.75, 3.05) is 0 Å². The van der Waals surface area contributed by atoms with E-state index < -0.39 is 5.97 Å². The Morgan fingerprint density at radius 1 is 0.806 bits per heavy atom. The summed E-state index contributed by atoms with van der Waals surface area (Å²) in [5.41, 5.74) is 4.66. The van der Waals surface area contributed by atoms with Gasteiger partial charge >= 0.3 is 5.97 Å². The molecule has 0 aliphatic rings. The molecule has 31 heavy (non-hydrogen) atoms. The number of carbonyl (C=O) groups is 1. The molecule has 4 nitrogen and oxygen atoms in total. The summed E-state index contributed by atoms with van der Waals surface area (Å²) in [5.74, 6) is -0.190. The number of aromatic nitrogens is 1. The Morgan fingerprint density at radius 2 is 1.52 bits per heavy atom. The van der Waals surface area contributed by atoms with E-state index in [-0.39, 0.29) is 0 Å². The van der Waals surface area contributed by atoms with Crippen LogP contribution in [0.15, 0.2) is 91.0 Å². The molecule has 0 fully saturated rings. The lowest BCUT2D eigenvalue weighted by Gasteiger charge is -2.07. The van der Waals surface area contributed by atoms with Crippen LogP contribution in [0.4, 0.5) is 0 Å². The number of aliphatic carboxylic acids is 1. The standard InChI is InChI=1S/C27H21NO3/c29-27(30)18-14-22-6-2-1-5-21(22)12-9-20-10-16-25(17-11-20)31-19-24-15-13-23-7-3-4-8-26(23)28-24/h1-18H,19H2,(H,29,30)/b12-9+,18-14+. The van der Waals surface area contributed by atoms with E-state index in [2.05, 4.69) is 11.1 Å². The lowest BCUT2D eigenvalue weighted by Crippen LogP contribution is -1.98. The highest BCUT2D eigenvalue weighted by atomic mass is 16.5. The minimum atomic E-state index is -0.965. The number of para-hydroxylation sites is 1. The van der Waals surface area contributed by atoms with Crippen LogP contribution in [0, 0.1) is 0 Å². The van der Waals surface area contributed by atoms with Crippen molar-refractivity contribution in [2.45, 2.75) is 6.61 Å². The van der Waals surface area contributed by atoms with E-state index in [9.17, 15) is 4.79 Å². The zero-order valence-corrected chi connectivity index (χ0v) is 16.8. The number of pyridine rings is 1. The Kier molecular flexibility index (Phi) is 6.19. The largest absolute Gasteiger partial charge is 0.487 e. The SMILES string of the molecule is O=C(O)/C=C/c1ccccc1/C=C/c1ccc(OCc2ccc3ccccc3n2)cc1. The molecule has 1 N–H and O–H groups in total. The van der Waals surface area contributed by atoms with Crippen molar-refractivity contribution in [3.05, 3.63) is 113 Å². The van der Waals surface area contributed by atoms with E-state index in [0.717, 1.165) is 45.1 Å². The zero-order chi connectivity index (χ0) is 21.5. The van der Waals surface area contributed by atoms with Gasteiger partial charge in [0.15, 0.2) is 0 Å². The highest BCUT2D eigenvalue weighted by Gasteiger charge is 2.01. The molecule has 0 saturated carbocycles. The van der Waals surface area contributed by atoms with Crippen LogP contribution >= 0.6 is 0 Å². The first-order valence-corrected chi connectivity index (χ1v) is 9.93. The maximum atomic E-state index is 10.8. The van der Waals surface area contributed by atoms with Crippen molar-refractivity contribution in [3.63, 3.8) is 0 Å². The molecule has 0 aliphatic heterocycles. The van der Waals surface area contributed by atoms with Gasteiger partial charge in [-0.15, -0.1) is 0 Å². The summed E-state index contributed by atoms with van der Waals surface area (Å²) in [6, 6.07) is 27.5. The van der Waals surface area contributed by atoms with Crippen LogP contribution in [-0.2, 0) is 11.4 Å². The Balaban J connectivity index is 1.41. The molecule has 1 heterocycles. The monoisotopic (exact) mass is 407 g/mol. The summed E-state index contributed by atoms with van der Waals surface area (Å²) in [7, 11) is 0. The summed E-state index contributed by atoms with van der Waals surface area (Å²) in [5, 5.41) is 9.96. The molecule has 0 aliphatic carbocycles. The van der Waals surface area contributed by atoms with Crippen molar-refractivity contribution in [1.82, 2.24) is 4.98 Å². The average molecular weight is 407 g/mol. The Bertz CT molecular complexity index is 1260. The number of nitrogens with zero attached hydrogens (tertiary/aromatic N) is 1. The first-order valence-electron chi connectivity index (χ1n) is 9.93. The Morgan fingerprint density at radius 3 is 2.29 bits per heavy atom. The molecule has 0 atom stereocenters. The first-order chi connectivity index (χ1) is 15.2. The van der Waals surface area contributed by atoms with Crippen LogP contribution < -0.4 is 4.74 Å². The highest BCUT2D eigenvalue weighted by Crippen LogP contribution is 2.19. The second kappa shape index (κ2) is 9.55. The highest BCUT2D eigenvalue weighted by molar-refractivity contribution is 5.87. The minimum Gasteiger partial charge on any atom is -0.487 e. The fourth-order valence-electron chi connectivity index (χ4n) is 3.18. The molecule has 0 radical (unpaired) electrons. The second-order valence-corrected chi connectivity index (χ2v) is 6.99. The van der Waals surface area contributed by atoms with E-state index in [4.69, 9.17) is 9.84 Å². The lowest BCUT2D eigenvalue weighted by molar-refractivity contribution is -0.131. The van der Waals surface area contributed by atoms with Crippen LogP contribution in [0.2, 0.25) is 0 Å². The third-order valence-corrected chi connectivity index (χ3v) is 4.78. The molecule has 0 bridgehead atoms. The number of hydrogen-bond donors (Lipinski definition) is 1. The predicted molar refractivity (Wildman–Crippen MR) is 125 cm³/mol. The normalized spacial score (nSPS) is 11.4. The fraction of sp³-hybridized carbons (Fsp3) is 0.0370. The number of ether oxygens (including phenoxy) is 1. The summed E-state index contributed by atoms with van der Waals surface area (Å²) < 4.78 is 5.88. The van der Waals surface area contributed by atoms with Crippen LogP contribution in [0.3, 0.4) is 0 Å². The fourth-order valence-corrected chi connectivity index (χ4v) is 3.18. The van der Waals surface area contributed by atoms with Gasteiger partial charge in [0.05, 0.1) is 11.2 Å². The van der Waals surface area contributed by atoms with Crippen LogP contribution in [0.1, 0.15) is 22.4 Å². The van der Waals surface area contributed by atoms with E-state index in [1.165, 1.54) is 0 Å². The predicted octanol–water partition coefficient (Wildman–Crippen LogP) is 6.08. The van der Waals surface area contributed by atoms with E-state index >= 15 is 0 Å². The quantitative estimate of drug-likeness (QED) is 0.298. The zero-order valence-electron chi connectivity index (χ0n) is 16.8. The van der Waals surface area contributed by atoms with Crippen molar-refractivity contribution in [1.29, 1.82) is 0 Å². The van der Waals surface area contributed by atoms with Gasteiger partial charge < -0.3 is 9.84 Å². The number of rotatable bonds is 7. The second-order valence-electron chi connectivity index (χ2n) is 6.99. The molecule has 3 aromatic carbocycles. The summed E-state index contributed by atoms with van der Waals surface area (Å²) in [6.45, 7) is 0.406. The molecule has 152 valence electrons. The molecule has 0 spiro atoms.